The molecule has 2 heterocycles. The molecule has 0 aliphatic carbocycles. The Labute approximate surface area is 150 Å². The number of fused-ring (bicyclic) bond motifs is 2. The number of carbonyl (C=O) groups excluding carboxylic acids is 1. The second-order valence-electron chi connectivity index (χ2n) is 6.49. The average Bonchev–Trinajstić information content (AvgIpc) is 2.66. The quantitative estimate of drug-likeness (QED) is 0.682. The Morgan fingerprint density at radius 2 is 1.88 bits per heavy atom. The van der Waals surface area contributed by atoms with Gasteiger partial charge in [-0.05, 0) is 42.7 Å². The third kappa shape index (κ3) is 3.20. The Hall–Kier alpha value is -3.08. The lowest BCUT2D eigenvalue weighted by molar-refractivity contribution is -0.138. The molecule has 1 aromatic heterocycles. The van der Waals surface area contributed by atoms with E-state index in [0.29, 0.717) is 24.4 Å². The maximum absolute atomic E-state index is 12.8. The maximum atomic E-state index is 12.8. The van der Waals surface area contributed by atoms with Crippen molar-refractivity contribution in [2.45, 2.75) is 26.0 Å². The van der Waals surface area contributed by atoms with Crippen molar-refractivity contribution in [2.24, 2.45) is 0 Å². The van der Waals surface area contributed by atoms with E-state index >= 15 is 0 Å². The highest BCUT2D eigenvalue weighted by atomic mass is 16.5. The summed E-state index contributed by atoms with van der Waals surface area (Å²) in [4.78, 5) is 25.9. The first kappa shape index (κ1) is 16.4. The molecule has 5 heteroatoms. The van der Waals surface area contributed by atoms with Gasteiger partial charge in [0.25, 0.3) is 5.91 Å². The Balaban J connectivity index is 1.48. The van der Waals surface area contributed by atoms with E-state index in [1.165, 1.54) is 17.2 Å². The average molecular weight is 349 g/mol. The van der Waals surface area contributed by atoms with Crippen LogP contribution in [-0.2, 0) is 17.8 Å². The van der Waals surface area contributed by atoms with Gasteiger partial charge in [0.1, 0.15) is 11.3 Å². The summed E-state index contributed by atoms with van der Waals surface area (Å²) in [5.41, 5.74) is 2.52. The molecule has 2 aromatic carbocycles. The predicted molar refractivity (Wildman–Crippen MR) is 98.1 cm³/mol. The van der Waals surface area contributed by atoms with Crippen molar-refractivity contribution in [3.05, 3.63) is 76.1 Å². The van der Waals surface area contributed by atoms with Crippen LogP contribution < -0.4 is 10.4 Å². The van der Waals surface area contributed by atoms with Crippen molar-refractivity contribution in [3.8, 4) is 5.75 Å². The first-order chi connectivity index (χ1) is 12.6. The zero-order valence-electron chi connectivity index (χ0n) is 14.5. The van der Waals surface area contributed by atoms with Gasteiger partial charge < -0.3 is 14.1 Å². The Bertz CT molecular complexity index is 1020. The summed E-state index contributed by atoms with van der Waals surface area (Å²) in [5, 5.41) is 0.809. The van der Waals surface area contributed by atoms with Gasteiger partial charge in [-0.1, -0.05) is 24.3 Å². The zero-order chi connectivity index (χ0) is 18.1. The van der Waals surface area contributed by atoms with Crippen LogP contribution in [0, 0.1) is 0 Å². The van der Waals surface area contributed by atoms with E-state index in [9.17, 15) is 9.59 Å². The summed E-state index contributed by atoms with van der Waals surface area (Å²) >= 11 is 0. The molecule has 4 rings (SSSR count). The number of ether oxygens (including phenoxy) is 1. The van der Waals surface area contributed by atoms with E-state index in [1.807, 2.05) is 23.1 Å². The standard InChI is InChI=1S/C21H19NO4/c1-14(21(24)22-11-10-15-4-2-3-5-17(15)13-22)25-18-8-6-16-7-9-20(23)26-19(16)12-18/h2-9,12,14H,10-11,13H2,1H3/t14-/m0/s1. The largest absolute Gasteiger partial charge is 0.481 e. The molecule has 0 bridgehead atoms. The summed E-state index contributed by atoms with van der Waals surface area (Å²) in [6.45, 7) is 3.04. The Morgan fingerprint density at radius 1 is 1.12 bits per heavy atom. The first-order valence-electron chi connectivity index (χ1n) is 8.66. The summed E-state index contributed by atoms with van der Waals surface area (Å²) < 4.78 is 11.0. The normalized spacial score (nSPS) is 14.7. The molecular formula is C21H19NO4. The molecule has 5 nitrogen and oxygen atoms in total. The van der Waals surface area contributed by atoms with Crippen LogP contribution >= 0.6 is 0 Å². The third-order valence-corrected chi connectivity index (χ3v) is 4.70. The molecule has 1 atom stereocenters. The van der Waals surface area contributed by atoms with Gasteiger partial charge >= 0.3 is 5.63 Å². The molecule has 0 spiro atoms. The molecule has 3 aromatic rings. The Morgan fingerprint density at radius 3 is 2.73 bits per heavy atom. The second kappa shape index (κ2) is 6.67. The predicted octanol–water partition coefficient (Wildman–Crippen LogP) is 3.15. The SMILES string of the molecule is C[C@H](Oc1ccc2ccc(=O)oc2c1)C(=O)N1CCc2ccccc2C1. The minimum atomic E-state index is -0.617. The lowest BCUT2D eigenvalue weighted by atomic mass is 9.99. The van der Waals surface area contributed by atoms with Crippen LogP contribution in [0.3, 0.4) is 0 Å². The number of carbonyl (C=O) groups is 1. The van der Waals surface area contributed by atoms with Crippen molar-refractivity contribution in [3.63, 3.8) is 0 Å². The third-order valence-electron chi connectivity index (χ3n) is 4.70. The van der Waals surface area contributed by atoms with Gasteiger partial charge in [0.2, 0.25) is 0 Å². The van der Waals surface area contributed by atoms with Crippen LogP contribution in [0.25, 0.3) is 11.0 Å². The van der Waals surface area contributed by atoms with Crippen molar-refractivity contribution in [1.29, 1.82) is 0 Å². The number of benzene rings is 2. The summed E-state index contributed by atoms with van der Waals surface area (Å²) in [6, 6.07) is 16.5. The van der Waals surface area contributed by atoms with Crippen molar-refractivity contribution in [2.75, 3.05) is 6.54 Å². The van der Waals surface area contributed by atoms with E-state index in [0.717, 1.165) is 11.8 Å². The summed E-state index contributed by atoms with van der Waals surface area (Å²) in [6.07, 6.45) is 0.239. The summed E-state index contributed by atoms with van der Waals surface area (Å²) in [7, 11) is 0. The van der Waals surface area contributed by atoms with E-state index in [2.05, 4.69) is 12.1 Å². The molecule has 132 valence electrons. The molecule has 0 radical (unpaired) electrons. The monoisotopic (exact) mass is 349 g/mol. The van der Waals surface area contributed by atoms with E-state index in [1.54, 1.807) is 25.1 Å². The first-order valence-corrected chi connectivity index (χ1v) is 8.66. The van der Waals surface area contributed by atoms with Gasteiger partial charge in [-0.2, -0.15) is 0 Å². The van der Waals surface area contributed by atoms with Gasteiger partial charge in [-0.25, -0.2) is 4.79 Å². The summed E-state index contributed by atoms with van der Waals surface area (Å²) in [5.74, 6) is 0.458. The fourth-order valence-corrected chi connectivity index (χ4v) is 3.31. The highest BCUT2D eigenvalue weighted by Crippen LogP contribution is 2.23. The molecule has 1 aliphatic heterocycles. The van der Waals surface area contributed by atoms with Crippen LogP contribution in [0.4, 0.5) is 0 Å². The van der Waals surface area contributed by atoms with Crippen molar-refractivity contribution < 1.29 is 13.9 Å². The molecule has 26 heavy (non-hydrogen) atoms. The fraction of sp³-hybridized carbons (Fsp3) is 0.238. The number of hydrogen-bond acceptors (Lipinski definition) is 4. The van der Waals surface area contributed by atoms with Crippen LogP contribution in [0.15, 0.2) is 63.8 Å². The highest BCUT2D eigenvalue weighted by molar-refractivity contribution is 5.82. The maximum Gasteiger partial charge on any atom is 0.336 e. The lowest BCUT2D eigenvalue weighted by Gasteiger charge is -2.31. The van der Waals surface area contributed by atoms with Gasteiger partial charge in [-0.3, -0.25) is 4.79 Å². The minimum Gasteiger partial charge on any atom is -0.481 e. The smallest absolute Gasteiger partial charge is 0.336 e. The van der Waals surface area contributed by atoms with Gasteiger partial charge in [-0.15, -0.1) is 0 Å². The minimum absolute atomic E-state index is 0.0471. The topological polar surface area (TPSA) is 59.8 Å². The Kier molecular flexibility index (Phi) is 4.21. The molecule has 0 saturated carbocycles. The molecule has 0 N–H and O–H groups in total. The second-order valence-corrected chi connectivity index (χ2v) is 6.49. The van der Waals surface area contributed by atoms with Crippen LogP contribution in [-0.4, -0.2) is 23.5 Å². The van der Waals surface area contributed by atoms with Gasteiger partial charge in [0, 0.05) is 30.6 Å². The number of hydrogen-bond donors (Lipinski definition) is 0. The zero-order valence-corrected chi connectivity index (χ0v) is 14.5. The van der Waals surface area contributed by atoms with Crippen molar-refractivity contribution in [1.82, 2.24) is 4.90 Å². The van der Waals surface area contributed by atoms with Crippen LogP contribution in [0.2, 0.25) is 0 Å². The molecule has 0 saturated heterocycles. The molecule has 1 amide bonds. The van der Waals surface area contributed by atoms with E-state index < -0.39 is 11.7 Å². The van der Waals surface area contributed by atoms with E-state index in [4.69, 9.17) is 9.15 Å². The number of nitrogens with zero attached hydrogens (tertiary/aromatic N) is 1. The number of amides is 1. The number of rotatable bonds is 3. The lowest BCUT2D eigenvalue weighted by Crippen LogP contribution is -2.43. The molecular weight excluding hydrogens is 330 g/mol. The fourth-order valence-electron chi connectivity index (χ4n) is 3.31. The van der Waals surface area contributed by atoms with Crippen LogP contribution in [0.5, 0.6) is 5.75 Å². The molecule has 0 unspecified atom stereocenters. The highest BCUT2D eigenvalue weighted by Gasteiger charge is 2.25. The van der Waals surface area contributed by atoms with Crippen molar-refractivity contribution >= 4 is 16.9 Å². The molecule has 0 fully saturated rings. The molecule has 1 aliphatic rings. The van der Waals surface area contributed by atoms with Gasteiger partial charge in [0.05, 0.1) is 0 Å². The van der Waals surface area contributed by atoms with Gasteiger partial charge in [0.15, 0.2) is 6.10 Å². The van der Waals surface area contributed by atoms with Crippen LogP contribution in [0.1, 0.15) is 18.1 Å². The van der Waals surface area contributed by atoms with E-state index in [-0.39, 0.29) is 5.91 Å².